The van der Waals surface area contributed by atoms with Crippen molar-refractivity contribution in [1.82, 2.24) is 24.5 Å². The van der Waals surface area contributed by atoms with E-state index in [-0.39, 0.29) is 18.6 Å². The van der Waals surface area contributed by atoms with Crippen LogP contribution in [0.5, 0.6) is 0 Å². The summed E-state index contributed by atoms with van der Waals surface area (Å²) >= 11 is 6.36. The summed E-state index contributed by atoms with van der Waals surface area (Å²) in [6.07, 6.45) is 3.76. The number of hydrogen-bond acceptors (Lipinski definition) is 6. The summed E-state index contributed by atoms with van der Waals surface area (Å²) < 4.78 is 8.90. The number of ether oxygens (including phenoxy) is 1. The molecule has 1 saturated heterocycles. The van der Waals surface area contributed by atoms with Gasteiger partial charge in [0.15, 0.2) is 5.82 Å². The highest BCUT2D eigenvalue weighted by atomic mass is 35.5. The molecule has 0 aliphatic carbocycles. The molecule has 138 valence electrons. The first kappa shape index (κ1) is 18.2. The predicted octanol–water partition coefficient (Wildman–Crippen LogP) is 1.58. The van der Waals surface area contributed by atoms with Gasteiger partial charge >= 0.3 is 0 Å². The zero-order valence-corrected chi connectivity index (χ0v) is 15.6. The van der Waals surface area contributed by atoms with Gasteiger partial charge in [0.05, 0.1) is 24.9 Å². The van der Waals surface area contributed by atoms with E-state index in [0.29, 0.717) is 24.1 Å². The standard InChI is InChI=1S/C16H25ClN6O2/c1-11-12(10-24)5-4-6-22(11)16-20-19-15(23(16)7-8-25-3)13-9-18-21(2)14(13)17/h9,11-12,24H,4-8,10H2,1-3H3. The zero-order chi connectivity index (χ0) is 18.0. The molecular weight excluding hydrogens is 344 g/mol. The molecule has 3 rings (SSSR count). The number of aliphatic hydroxyl groups is 1. The van der Waals surface area contributed by atoms with Crippen LogP contribution < -0.4 is 4.90 Å². The molecule has 2 aromatic rings. The van der Waals surface area contributed by atoms with E-state index < -0.39 is 0 Å². The molecule has 2 atom stereocenters. The SMILES string of the molecule is COCCn1c(-c2cnn(C)c2Cl)nnc1N1CCCC(CO)C1C. The van der Waals surface area contributed by atoms with Crippen molar-refractivity contribution >= 4 is 17.5 Å². The van der Waals surface area contributed by atoms with Crippen LogP contribution in [0.2, 0.25) is 5.15 Å². The van der Waals surface area contributed by atoms with Crippen LogP contribution in [0.3, 0.4) is 0 Å². The first-order valence-corrected chi connectivity index (χ1v) is 8.93. The molecule has 2 unspecified atom stereocenters. The Morgan fingerprint density at radius 2 is 2.20 bits per heavy atom. The lowest BCUT2D eigenvalue weighted by Crippen LogP contribution is -2.46. The molecule has 9 heteroatoms. The third kappa shape index (κ3) is 3.38. The van der Waals surface area contributed by atoms with E-state index in [1.807, 2.05) is 4.57 Å². The van der Waals surface area contributed by atoms with Crippen LogP contribution in [-0.4, -0.2) is 62.6 Å². The van der Waals surface area contributed by atoms with Crippen LogP contribution in [0.4, 0.5) is 5.95 Å². The quantitative estimate of drug-likeness (QED) is 0.833. The van der Waals surface area contributed by atoms with Gasteiger partial charge in [0.1, 0.15) is 5.15 Å². The van der Waals surface area contributed by atoms with Crippen molar-refractivity contribution in [1.29, 1.82) is 0 Å². The van der Waals surface area contributed by atoms with E-state index in [9.17, 15) is 5.11 Å². The number of anilines is 1. The number of nitrogens with zero attached hydrogens (tertiary/aromatic N) is 6. The van der Waals surface area contributed by atoms with Crippen molar-refractivity contribution in [3.63, 3.8) is 0 Å². The molecule has 0 amide bonds. The molecule has 3 heterocycles. The minimum Gasteiger partial charge on any atom is -0.396 e. The fourth-order valence-corrected chi connectivity index (χ4v) is 3.59. The Hall–Kier alpha value is -1.64. The third-order valence-electron chi connectivity index (χ3n) is 5.00. The van der Waals surface area contributed by atoms with Crippen molar-refractivity contribution in [2.75, 3.05) is 31.8 Å². The van der Waals surface area contributed by atoms with Crippen molar-refractivity contribution in [2.45, 2.75) is 32.4 Å². The van der Waals surface area contributed by atoms with Crippen LogP contribution >= 0.6 is 11.6 Å². The average Bonchev–Trinajstić information content (AvgIpc) is 3.17. The zero-order valence-electron chi connectivity index (χ0n) is 14.9. The van der Waals surface area contributed by atoms with Crippen molar-refractivity contribution in [3.05, 3.63) is 11.3 Å². The third-order valence-corrected chi connectivity index (χ3v) is 5.44. The maximum Gasteiger partial charge on any atom is 0.227 e. The van der Waals surface area contributed by atoms with E-state index >= 15 is 0 Å². The molecule has 1 aliphatic rings. The second kappa shape index (κ2) is 7.72. The van der Waals surface area contributed by atoms with Gasteiger partial charge in [-0.15, -0.1) is 10.2 Å². The van der Waals surface area contributed by atoms with Gasteiger partial charge < -0.3 is 14.7 Å². The Labute approximate surface area is 152 Å². The van der Waals surface area contributed by atoms with Gasteiger partial charge in [-0.1, -0.05) is 11.6 Å². The van der Waals surface area contributed by atoms with E-state index in [0.717, 1.165) is 30.9 Å². The van der Waals surface area contributed by atoms with Crippen LogP contribution in [0, 0.1) is 5.92 Å². The summed E-state index contributed by atoms with van der Waals surface area (Å²) in [4.78, 5) is 2.22. The molecule has 1 fully saturated rings. The Kier molecular flexibility index (Phi) is 5.61. The topological polar surface area (TPSA) is 81.2 Å². The largest absolute Gasteiger partial charge is 0.396 e. The molecule has 0 radical (unpaired) electrons. The highest BCUT2D eigenvalue weighted by Crippen LogP contribution is 2.32. The molecule has 0 bridgehead atoms. The Bertz CT molecular complexity index is 716. The lowest BCUT2D eigenvalue weighted by atomic mass is 9.91. The molecular formula is C16H25ClN6O2. The molecule has 8 nitrogen and oxygen atoms in total. The van der Waals surface area contributed by atoms with Gasteiger partial charge in [-0.25, -0.2) is 0 Å². The number of halogens is 1. The lowest BCUT2D eigenvalue weighted by molar-refractivity contribution is 0.177. The first-order valence-electron chi connectivity index (χ1n) is 8.56. The van der Waals surface area contributed by atoms with Crippen LogP contribution in [0.25, 0.3) is 11.4 Å². The second-order valence-electron chi connectivity index (χ2n) is 6.46. The highest BCUT2D eigenvalue weighted by Gasteiger charge is 2.31. The molecule has 1 aliphatic heterocycles. The predicted molar refractivity (Wildman–Crippen MR) is 95.7 cm³/mol. The summed E-state index contributed by atoms with van der Waals surface area (Å²) in [7, 11) is 3.47. The van der Waals surface area contributed by atoms with Crippen molar-refractivity contribution in [3.8, 4) is 11.4 Å². The van der Waals surface area contributed by atoms with Crippen LogP contribution in [0.15, 0.2) is 6.20 Å². The summed E-state index contributed by atoms with van der Waals surface area (Å²) in [6, 6.07) is 0.196. The Morgan fingerprint density at radius 1 is 1.40 bits per heavy atom. The van der Waals surface area contributed by atoms with Gasteiger partial charge in [0, 0.05) is 39.3 Å². The molecule has 0 saturated carbocycles. The van der Waals surface area contributed by atoms with Gasteiger partial charge in [0.2, 0.25) is 5.95 Å². The van der Waals surface area contributed by atoms with E-state index in [2.05, 4.69) is 27.1 Å². The minimum absolute atomic E-state index is 0.186. The van der Waals surface area contributed by atoms with Gasteiger partial charge in [-0.05, 0) is 19.8 Å². The van der Waals surface area contributed by atoms with Gasteiger partial charge in [0.25, 0.3) is 0 Å². The molecule has 25 heavy (non-hydrogen) atoms. The van der Waals surface area contributed by atoms with Crippen LogP contribution in [-0.2, 0) is 18.3 Å². The fourth-order valence-electron chi connectivity index (χ4n) is 3.42. The minimum atomic E-state index is 0.186. The van der Waals surface area contributed by atoms with E-state index in [1.165, 1.54) is 0 Å². The maximum atomic E-state index is 9.64. The lowest BCUT2D eigenvalue weighted by Gasteiger charge is -2.39. The summed E-state index contributed by atoms with van der Waals surface area (Å²) in [5.41, 5.74) is 0.752. The molecule has 2 aromatic heterocycles. The molecule has 1 N–H and O–H groups in total. The second-order valence-corrected chi connectivity index (χ2v) is 6.82. The molecule has 0 aromatic carbocycles. The monoisotopic (exact) mass is 368 g/mol. The summed E-state index contributed by atoms with van der Waals surface area (Å²) in [5.74, 6) is 1.72. The van der Waals surface area contributed by atoms with Gasteiger partial charge in [-0.3, -0.25) is 9.25 Å². The summed E-state index contributed by atoms with van der Waals surface area (Å²) in [6.45, 7) is 4.37. The normalized spacial score (nSPS) is 21.1. The number of piperidine rings is 1. The number of aromatic nitrogens is 5. The number of hydrogen-bond donors (Lipinski definition) is 1. The first-order chi connectivity index (χ1) is 12.1. The van der Waals surface area contributed by atoms with Crippen molar-refractivity contribution < 1.29 is 9.84 Å². The average molecular weight is 369 g/mol. The van der Waals surface area contributed by atoms with Crippen LogP contribution in [0.1, 0.15) is 19.8 Å². The number of aliphatic hydroxyl groups excluding tert-OH is 1. The summed E-state index contributed by atoms with van der Waals surface area (Å²) in [5, 5.41) is 23.2. The highest BCUT2D eigenvalue weighted by molar-refractivity contribution is 6.32. The van der Waals surface area contributed by atoms with Crippen molar-refractivity contribution in [2.24, 2.45) is 13.0 Å². The number of methoxy groups -OCH3 is 1. The maximum absolute atomic E-state index is 9.64. The van der Waals surface area contributed by atoms with Gasteiger partial charge in [-0.2, -0.15) is 5.10 Å². The Morgan fingerprint density at radius 3 is 2.84 bits per heavy atom. The van der Waals surface area contributed by atoms with E-state index in [1.54, 1.807) is 25.0 Å². The number of aryl methyl sites for hydroxylation is 1. The Balaban J connectivity index is 2.00. The van der Waals surface area contributed by atoms with E-state index in [4.69, 9.17) is 16.3 Å². The smallest absolute Gasteiger partial charge is 0.227 e. The number of rotatable bonds is 6. The molecule has 0 spiro atoms. The fraction of sp³-hybridized carbons (Fsp3) is 0.688.